The summed E-state index contributed by atoms with van der Waals surface area (Å²) in [7, 11) is 2.07. The summed E-state index contributed by atoms with van der Waals surface area (Å²) < 4.78 is 38.9. The van der Waals surface area contributed by atoms with E-state index in [0.29, 0.717) is 0 Å². The van der Waals surface area contributed by atoms with Crippen molar-refractivity contribution in [2.24, 2.45) is 0 Å². The van der Waals surface area contributed by atoms with Crippen LogP contribution < -0.4 is 10.2 Å². The number of benzene rings is 2. The molecule has 0 aliphatic carbocycles. The van der Waals surface area contributed by atoms with E-state index in [-0.39, 0.29) is 23.7 Å². The highest BCUT2D eigenvalue weighted by Gasteiger charge is 2.44. The minimum atomic E-state index is -4.45. The van der Waals surface area contributed by atoms with Gasteiger partial charge in [-0.1, -0.05) is 23.8 Å². The number of hydrogen-bond donors (Lipinski definition) is 1. The average Bonchev–Trinajstić information content (AvgIpc) is 2.94. The Morgan fingerprint density at radius 3 is 2.71 bits per heavy atom. The number of hydrogen-bond acceptors (Lipinski definition) is 2. The van der Waals surface area contributed by atoms with Crippen molar-refractivity contribution in [1.29, 1.82) is 0 Å². The number of piperidine rings is 1. The Balaban J connectivity index is 1.64. The highest BCUT2D eigenvalue weighted by molar-refractivity contribution is 6.04. The summed E-state index contributed by atoms with van der Waals surface area (Å²) in [6.45, 7) is 3.75. The molecule has 148 valence electrons. The predicted octanol–water partition coefficient (Wildman–Crippen LogP) is 4.85. The molecule has 7 heteroatoms. The fourth-order valence-electron chi connectivity index (χ4n) is 4.30. The first-order valence-corrected chi connectivity index (χ1v) is 9.30. The summed E-state index contributed by atoms with van der Waals surface area (Å²) >= 11 is 0. The Labute approximate surface area is 161 Å². The molecule has 2 aliphatic rings. The van der Waals surface area contributed by atoms with Crippen LogP contribution in [0.3, 0.4) is 0 Å². The van der Waals surface area contributed by atoms with Crippen LogP contribution in [0.25, 0.3) is 0 Å². The van der Waals surface area contributed by atoms with E-state index in [2.05, 4.69) is 23.3 Å². The molecule has 2 amide bonds. The van der Waals surface area contributed by atoms with Gasteiger partial charge in [0.1, 0.15) is 0 Å². The maximum absolute atomic E-state index is 13.1. The Hall–Kier alpha value is -2.54. The van der Waals surface area contributed by atoms with Crippen LogP contribution in [0.15, 0.2) is 42.5 Å². The Morgan fingerprint density at radius 1 is 1.18 bits per heavy atom. The molecular formula is C21H22F3N3O. The van der Waals surface area contributed by atoms with Gasteiger partial charge in [0, 0.05) is 29.9 Å². The van der Waals surface area contributed by atoms with E-state index in [1.807, 2.05) is 19.1 Å². The summed E-state index contributed by atoms with van der Waals surface area (Å²) in [4.78, 5) is 17.1. The van der Waals surface area contributed by atoms with Crippen molar-refractivity contribution in [2.45, 2.75) is 31.5 Å². The predicted molar refractivity (Wildman–Crippen MR) is 103 cm³/mol. The van der Waals surface area contributed by atoms with Gasteiger partial charge in [-0.05, 0) is 56.8 Å². The van der Waals surface area contributed by atoms with E-state index in [1.165, 1.54) is 12.1 Å². The molecule has 0 aromatic heterocycles. The number of likely N-dealkylation sites (tertiary alicyclic amines) is 1. The maximum atomic E-state index is 13.1. The highest BCUT2D eigenvalue weighted by atomic mass is 19.4. The van der Waals surface area contributed by atoms with E-state index in [0.717, 1.165) is 48.5 Å². The number of urea groups is 1. The fraction of sp³-hybridized carbons (Fsp3) is 0.381. The molecule has 0 radical (unpaired) electrons. The summed E-state index contributed by atoms with van der Waals surface area (Å²) in [6.07, 6.45) is -3.62. The van der Waals surface area contributed by atoms with Crippen LogP contribution in [0, 0.1) is 6.92 Å². The number of nitrogens with one attached hydrogen (secondary N) is 1. The topological polar surface area (TPSA) is 35.6 Å². The lowest BCUT2D eigenvalue weighted by atomic mass is 9.89. The zero-order chi connectivity index (χ0) is 20.1. The van der Waals surface area contributed by atoms with Gasteiger partial charge in [-0.15, -0.1) is 0 Å². The van der Waals surface area contributed by atoms with Crippen LogP contribution in [0.2, 0.25) is 0 Å². The number of aryl methyl sites for hydroxylation is 1. The third-order valence-corrected chi connectivity index (χ3v) is 5.61. The maximum Gasteiger partial charge on any atom is 0.416 e. The summed E-state index contributed by atoms with van der Waals surface area (Å²) in [6, 6.07) is 10.4. The number of nitrogens with zero attached hydrogens (tertiary/aromatic N) is 2. The fourth-order valence-corrected chi connectivity index (χ4v) is 4.30. The molecule has 1 fully saturated rings. The van der Waals surface area contributed by atoms with Gasteiger partial charge in [0.05, 0.1) is 5.56 Å². The number of halogens is 3. The third kappa shape index (κ3) is 3.35. The lowest BCUT2D eigenvalue weighted by Gasteiger charge is -2.36. The highest BCUT2D eigenvalue weighted by Crippen LogP contribution is 2.45. The molecule has 4 rings (SSSR count). The molecule has 28 heavy (non-hydrogen) atoms. The van der Waals surface area contributed by atoms with Crippen LogP contribution >= 0.6 is 0 Å². The van der Waals surface area contributed by atoms with Gasteiger partial charge in [0.25, 0.3) is 0 Å². The van der Waals surface area contributed by atoms with Crippen LogP contribution in [-0.2, 0) is 6.18 Å². The molecule has 4 nitrogen and oxygen atoms in total. The zero-order valence-corrected chi connectivity index (χ0v) is 15.8. The first-order valence-electron chi connectivity index (χ1n) is 9.30. The van der Waals surface area contributed by atoms with E-state index < -0.39 is 11.7 Å². The smallest absolute Gasteiger partial charge is 0.308 e. The largest absolute Gasteiger partial charge is 0.416 e. The van der Waals surface area contributed by atoms with Gasteiger partial charge in [-0.3, -0.25) is 4.90 Å². The summed E-state index contributed by atoms with van der Waals surface area (Å²) in [5.74, 6) is 0.209. The molecule has 0 saturated carbocycles. The number of rotatable bonds is 1. The van der Waals surface area contributed by atoms with E-state index in [1.54, 1.807) is 4.90 Å². The Kier molecular flexibility index (Phi) is 4.57. The van der Waals surface area contributed by atoms with Gasteiger partial charge < -0.3 is 10.2 Å². The number of likely N-dealkylation sites (N-methyl/N-ethyl adjacent to an activating group) is 1. The SMILES string of the molecule is Cc1ccc2c(c1)[C@@H]1CN(C)CC[C@@H]1N2C(=O)Nc1cccc(C(F)(F)F)c1. The van der Waals surface area contributed by atoms with E-state index >= 15 is 0 Å². The normalized spacial score (nSPS) is 22.0. The monoisotopic (exact) mass is 389 g/mol. The van der Waals surface area contributed by atoms with Gasteiger partial charge in [0.15, 0.2) is 0 Å². The second-order valence-electron chi connectivity index (χ2n) is 7.67. The third-order valence-electron chi connectivity index (χ3n) is 5.61. The number of anilines is 2. The molecule has 0 bridgehead atoms. The van der Waals surface area contributed by atoms with E-state index in [9.17, 15) is 18.0 Å². The van der Waals surface area contributed by atoms with Crippen molar-refractivity contribution in [1.82, 2.24) is 4.90 Å². The molecule has 2 atom stereocenters. The first-order chi connectivity index (χ1) is 13.2. The van der Waals surface area contributed by atoms with Crippen molar-refractivity contribution in [3.8, 4) is 0 Å². The molecule has 0 unspecified atom stereocenters. The van der Waals surface area contributed by atoms with Crippen molar-refractivity contribution < 1.29 is 18.0 Å². The van der Waals surface area contributed by atoms with E-state index in [4.69, 9.17) is 0 Å². The van der Waals surface area contributed by atoms with Gasteiger partial charge >= 0.3 is 12.2 Å². The second-order valence-corrected chi connectivity index (χ2v) is 7.67. The van der Waals surface area contributed by atoms with Crippen molar-refractivity contribution in [3.63, 3.8) is 0 Å². The number of amides is 2. The zero-order valence-electron chi connectivity index (χ0n) is 15.8. The Morgan fingerprint density at radius 2 is 1.96 bits per heavy atom. The summed E-state index contributed by atoms with van der Waals surface area (Å²) in [5, 5.41) is 2.67. The van der Waals surface area contributed by atoms with Crippen molar-refractivity contribution >= 4 is 17.4 Å². The summed E-state index contributed by atoms with van der Waals surface area (Å²) in [5.41, 5.74) is 2.48. The molecule has 2 aliphatic heterocycles. The molecule has 2 heterocycles. The Bertz CT molecular complexity index is 912. The minimum Gasteiger partial charge on any atom is -0.308 e. The standard InChI is InChI=1S/C21H22F3N3O/c1-13-6-7-18-16(10-13)17-12-26(2)9-8-19(17)27(18)20(28)25-15-5-3-4-14(11-15)21(22,23)24/h3-7,10-11,17,19H,8-9,12H2,1-2H3,(H,25,28)/t17-,19-/m0/s1. The van der Waals surface area contributed by atoms with Crippen molar-refractivity contribution in [3.05, 3.63) is 59.2 Å². The molecule has 2 aromatic rings. The molecule has 0 spiro atoms. The van der Waals surface area contributed by atoms with Gasteiger partial charge in [-0.25, -0.2) is 4.79 Å². The van der Waals surface area contributed by atoms with Crippen molar-refractivity contribution in [2.75, 3.05) is 30.4 Å². The van der Waals surface area contributed by atoms with Gasteiger partial charge in [-0.2, -0.15) is 13.2 Å². The number of fused-ring (bicyclic) bond motifs is 3. The average molecular weight is 389 g/mol. The van der Waals surface area contributed by atoms with Crippen LogP contribution in [0.1, 0.15) is 29.0 Å². The molecule has 1 N–H and O–H groups in total. The molecule has 2 aromatic carbocycles. The first kappa shape index (κ1) is 18.8. The second kappa shape index (κ2) is 6.81. The molecular weight excluding hydrogens is 367 g/mol. The van der Waals surface area contributed by atoms with Crippen LogP contribution in [0.4, 0.5) is 29.3 Å². The number of carbonyl (C=O) groups is 1. The van der Waals surface area contributed by atoms with Crippen LogP contribution in [0.5, 0.6) is 0 Å². The lowest BCUT2D eigenvalue weighted by Crippen LogP contribution is -2.48. The lowest BCUT2D eigenvalue weighted by molar-refractivity contribution is -0.137. The van der Waals surface area contributed by atoms with Crippen LogP contribution in [-0.4, -0.2) is 37.1 Å². The van der Waals surface area contributed by atoms with Gasteiger partial charge in [0.2, 0.25) is 0 Å². The molecule has 1 saturated heterocycles. The number of alkyl halides is 3. The number of carbonyl (C=O) groups excluding carboxylic acids is 1. The quantitative estimate of drug-likeness (QED) is 0.757. The minimum absolute atomic E-state index is 0.0128.